The van der Waals surface area contributed by atoms with Gasteiger partial charge >= 0.3 is 0 Å². The van der Waals surface area contributed by atoms with Crippen molar-refractivity contribution in [2.75, 3.05) is 18.4 Å². The molecule has 1 aliphatic heterocycles. The maximum Gasteiger partial charge on any atom is 0.230 e. The van der Waals surface area contributed by atoms with Crippen molar-refractivity contribution in [3.63, 3.8) is 0 Å². The molecular formula is C16H24N2O2. The lowest BCUT2D eigenvalue weighted by Crippen LogP contribution is -2.44. The molecular weight excluding hydrogens is 252 g/mol. The molecule has 110 valence electrons. The molecule has 1 fully saturated rings. The number of rotatable bonds is 4. The number of benzene rings is 1. The molecule has 4 heteroatoms. The van der Waals surface area contributed by atoms with Crippen molar-refractivity contribution in [1.82, 2.24) is 5.32 Å². The Morgan fingerprint density at radius 3 is 2.65 bits per heavy atom. The van der Waals surface area contributed by atoms with Crippen LogP contribution in [0.25, 0.3) is 0 Å². The zero-order valence-electron chi connectivity index (χ0n) is 12.3. The number of hydrogen-bond donors (Lipinski definition) is 3. The van der Waals surface area contributed by atoms with Crippen LogP contribution in [0.5, 0.6) is 5.75 Å². The monoisotopic (exact) mass is 276 g/mol. The van der Waals surface area contributed by atoms with Crippen molar-refractivity contribution in [2.45, 2.75) is 39.5 Å². The summed E-state index contributed by atoms with van der Waals surface area (Å²) in [7, 11) is 0. The number of nitrogens with one attached hydrogen (secondary N) is 2. The zero-order chi connectivity index (χ0) is 14.6. The minimum atomic E-state index is -0.306. The minimum absolute atomic E-state index is 0.0325. The van der Waals surface area contributed by atoms with Crippen molar-refractivity contribution in [3.05, 3.63) is 23.8 Å². The molecule has 1 aromatic rings. The first-order chi connectivity index (χ1) is 9.61. The molecule has 1 aromatic carbocycles. The Kier molecular flexibility index (Phi) is 4.65. The van der Waals surface area contributed by atoms with Crippen molar-refractivity contribution in [2.24, 2.45) is 5.41 Å². The van der Waals surface area contributed by atoms with Crippen LogP contribution in [0.2, 0.25) is 0 Å². The maximum atomic E-state index is 12.6. The third-order valence-corrected chi connectivity index (χ3v) is 4.44. The van der Waals surface area contributed by atoms with E-state index in [0.717, 1.165) is 44.3 Å². The predicted molar refractivity (Wildman–Crippen MR) is 80.9 cm³/mol. The number of aryl methyl sites for hydroxylation is 1. The van der Waals surface area contributed by atoms with Crippen LogP contribution in [0.15, 0.2) is 18.2 Å². The standard InChI is InChI=1S/C16H24N2O2/c1-3-12-5-6-14(19)13(11-12)18-15(20)16(4-2)7-9-17-10-8-16/h5-6,11,17,19H,3-4,7-10H2,1-2H3,(H,18,20). The zero-order valence-corrected chi connectivity index (χ0v) is 12.3. The summed E-state index contributed by atoms with van der Waals surface area (Å²) < 4.78 is 0. The average Bonchev–Trinajstić information content (AvgIpc) is 2.50. The van der Waals surface area contributed by atoms with E-state index in [2.05, 4.69) is 24.5 Å². The number of phenolic OH excluding ortho intramolecular Hbond substituents is 1. The van der Waals surface area contributed by atoms with Crippen molar-refractivity contribution in [3.8, 4) is 5.75 Å². The highest BCUT2D eigenvalue weighted by molar-refractivity contribution is 5.96. The van der Waals surface area contributed by atoms with Gasteiger partial charge in [-0.05, 0) is 56.5 Å². The first-order valence-electron chi connectivity index (χ1n) is 7.45. The van der Waals surface area contributed by atoms with Gasteiger partial charge in [0.15, 0.2) is 0 Å². The molecule has 1 heterocycles. The molecule has 0 radical (unpaired) electrons. The summed E-state index contributed by atoms with van der Waals surface area (Å²) in [6, 6.07) is 5.39. The van der Waals surface area contributed by atoms with Crippen LogP contribution in [0.3, 0.4) is 0 Å². The minimum Gasteiger partial charge on any atom is -0.506 e. The van der Waals surface area contributed by atoms with Gasteiger partial charge in [0.1, 0.15) is 5.75 Å². The highest BCUT2D eigenvalue weighted by Gasteiger charge is 2.37. The normalized spacial score (nSPS) is 17.7. The van der Waals surface area contributed by atoms with E-state index in [-0.39, 0.29) is 17.1 Å². The van der Waals surface area contributed by atoms with Crippen LogP contribution in [-0.4, -0.2) is 24.1 Å². The van der Waals surface area contributed by atoms with E-state index in [1.54, 1.807) is 6.07 Å². The number of anilines is 1. The van der Waals surface area contributed by atoms with Gasteiger partial charge in [-0.1, -0.05) is 19.9 Å². The highest BCUT2D eigenvalue weighted by atomic mass is 16.3. The molecule has 0 unspecified atom stereocenters. The molecule has 0 atom stereocenters. The molecule has 2 rings (SSSR count). The fraction of sp³-hybridized carbons (Fsp3) is 0.562. The van der Waals surface area contributed by atoms with Gasteiger partial charge in [0.05, 0.1) is 11.1 Å². The van der Waals surface area contributed by atoms with E-state index in [4.69, 9.17) is 0 Å². The van der Waals surface area contributed by atoms with Gasteiger partial charge in [-0.2, -0.15) is 0 Å². The molecule has 1 amide bonds. The Balaban J connectivity index is 2.18. The second kappa shape index (κ2) is 6.27. The number of carbonyl (C=O) groups excluding carboxylic acids is 1. The number of hydrogen-bond acceptors (Lipinski definition) is 3. The molecule has 1 saturated heterocycles. The summed E-state index contributed by atoms with van der Waals surface area (Å²) in [5, 5.41) is 16.1. The first kappa shape index (κ1) is 14.9. The number of piperidine rings is 1. The van der Waals surface area contributed by atoms with Crippen molar-refractivity contribution < 1.29 is 9.90 Å². The third-order valence-electron chi connectivity index (χ3n) is 4.44. The van der Waals surface area contributed by atoms with Gasteiger partial charge in [0, 0.05) is 0 Å². The summed E-state index contributed by atoms with van der Waals surface area (Å²) in [4.78, 5) is 12.6. The summed E-state index contributed by atoms with van der Waals surface area (Å²) in [5.41, 5.74) is 1.33. The second-order valence-corrected chi connectivity index (χ2v) is 5.54. The van der Waals surface area contributed by atoms with Gasteiger partial charge in [0.2, 0.25) is 5.91 Å². The van der Waals surface area contributed by atoms with E-state index < -0.39 is 0 Å². The lowest BCUT2D eigenvalue weighted by Gasteiger charge is -2.35. The van der Waals surface area contributed by atoms with Gasteiger partial charge in [-0.3, -0.25) is 4.79 Å². The smallest absolute Gasteiger partial charge is 0.230 e. The Hall–Kier alpha value is -1.55. The molecule has 0 spiro atoms. The topological polar surface area (TPSA) is 61.4 Å². The van der Waals surface area contributed by atoms with Crippen LogP contribution < -0.4 is 10.6 Å². The van der Waals surface area contributed by atoms with E-state index >= 15 is 0 Å². The summed E-state index contributed by atoms with van der Waals surface area (Å²) >= 11 is 0. The largest absolute Gasteiger partial charge is 0.506 e. The SMILES string of the molecule is CCc1ccc(O)c(NC(=O)C2(CC)CCNCC2)c1. The maximum absolute atomic E-state index is 12.6. The van der Waals surface area contributed by atoms with Crippen molar-refractivity contribution >= 4 is 11.6 Å². The Morgan fingerprint density at radius 2 is 2.05 bits per heavy atom. The summed E-state index contributed by atoms with van der Waals surface area (Å²) in [5.74, 6) is 0.167. The lowest BCUT2D eigenvalue weighted by molar-refractivity contribution is -0.127. The molecule has 20 heavy (non-hydrogen) atoms. The van der Waals surface area contributed by atoms with Gasteiger partial charge in [0.25, 0.3) is 0 Å². The second-order valence-electron chi connectivity index (χ2n) is 5.54. The molecule has 0 bridgehead atoms. The summed E-state index contributed by atoms with van der Waals surface area (Å²) in [6.07, 6.45) is 3.41. The predicted octanol–water partition coefficient (Wildman–Crippen LogP) is 2.67. The number of amides is 1. The van der Waals surface area contributed by atoms with Crippen LogP contribution in [0, 0.1) is 5.41 Å². The van der Waals surface area contributed by atoms with E-state index in [9.17, 15) is 9.90 Å². The van der Waals surface area contributed by atoms with Gasteiger partial charge in [-0.25, -0.2) is 0 Å². The van der Waals surface area contributed by atoms with Gasteiger partial charge in [-0.15, -0.1) is 0 Å². The van der Waals surface area contributed by atoms with E-state index in [1.165, 1.54) is 0 Å². The molecule has 4 nitrogen and oxygen atoms in total. The fourth-order valence-corrected chi connectivity index (χ4v) is 2.80. The Bertz CT molecular complexity index is 479. The van der Waals surface area contributed by atoms with Crippen LogP contribution in [0.1, 0.15) is 38.7 Å². The highest BCUT2D eigenvalue weighted by Crippen LogP contribution is 2.35. The Morgan fingerprint density at radius 1 is 1.35 bits per heavy atom. The third kappa shape index (κ3) is 2.96. The van der Waals surface area contributed by atoms with Crippen LogP contribution in [-0.2, 0) is 11.2 Å². The number of aromatic hydroxyl groups is 1. The van der Waals surface area contributed by atoms with Crippen molar-refractivity contribution in [1.29, 1.82) is 0 Å². The van der Waals surface area contributed by atoms with Gasteiger partial charge < -0.3 is 15.7 Å². The van der Waals surface area contributed by atoms with Crippen LogP contribution >= 0.6 is 0 Å². The molecule has 1 aliphatic rings. The average molecular weight is 276 g/mol. The molecule has 0 saturated carbocycles. The number of phenols is 1. The first-order valence-corrected chi connectivity index (χ1v) is 7.45. The van der Waals surface area contributed by atoms with E-state index in [0.29, 0.717) is 5.69 Å². The lowest BCUT2D eigenvalue weighted by atomic mass is 9.76. The number of carbonyl (C=O) groups is 1. The Labute approximate surface area is 120 Å². The molecule has 0 aromatic heterocycles. The van der Waals surface area contributed by atoms with Crippen LogP contribution in [0.4, 0.5) is 5.69 Å². The fourth-order valence-electron chi connectivity index (χ4n) is 2.80. The molecule has 3 N–H and O–H groups in total. The molecule has 0 aliphatic carbocycles. The summed E-state index contributed by atoms with van der Waals surface area (Å²) in [6.45, 7) is 5.87. The van der Waals surface area contributed by atoms with E-state index in [1.807, 2.05) is 12.1 Å². The quantitative estimate of drug-likeness (QED) is 0.741.